The molecule has 1 saturated heterocycles. The third-order valence-corrected chi connectivity index (χ3v) is 6.05. The van der Waals surface area contributed by atoms with E-state index in [1.54, 1.807) is 17.8 Å². The molecule has 3 rings (SSSR count). The van der Waals surface area contributed by atoms with E-state index in [1.807, 2.05) is 6.92 Å². The van der Waals surface area contributed by atoms with E-state index in [0.717, 1.165) is 30.7 Å². The second kappa shape index (κ2) is 5.85. The number of hydrogen-bond donors (Lipinski definition) is 1. The Labute approximate surface area is 136 Å². The van der Waals surface area contributed by atoms with Crippen LogP contribution in [0.4, 0.5) is 0 Å². The average Bonchev–Trinajstić information content (AvgIpc) is 2.99. The molecular formula is C15H23N5O2S. The van der Waals surface area contributed by atoms with Gasteiger partial charge in [0.15, 0.2) is 5.65 Å². The predicted molar refractivity (Wildman–Crippen MR) is 88.6 cm³/mol. The Bertz CT molecular complexity index is 830. The number of aryl methyl sites for hydroxylation is 2. The lowest BCUT2D eigenvalue weighted by Crippen LogP contribution is -2.39. The highest BCUT2D eigenvalue weighted by atomic mass is 32.2. The number of nitrogens with one attached hydrogen (secondary N) is 1. The van der Waals surface area contributed by atoms with Crippen molar-refractivity contribution < 1.29 is 8.42 Å². The van der Waals surface area contributed by atoms with Crippen LogP contribution in [0.2, 0.25) is 0 Å². The number of aromatic nitrogens is 3. The molecule has 1 fully saturated rings. The lowest BCUT2D eigenvalue weighted by molar-refractivity contribution is 0.344. The molecule has 2 aromatic rings. The molecule has 0 bridgehead atoms. The van der Waals surface area contributed by atoms with Crippen LogP contribution in [0.25, 0.3) is 11.0 Å². The number of fused-ring (bicyclic) bond motifs is 1. The number of nitrogens with zero attached hydrogens (tertiary/aromatic N) is 4. The highest BCUT2D eigenvalue weighted by Crippen LogP contribution is 2.22. The normalized spacial score (nSPS) is 23.0. The molecule has 1 N–H and O–H groups in total. The fourth-order valence-corrected chi connectivity index (χ4v) is 4.49. The molecule has 3 heterocycles. The minimum absolute atomic E-state index is 0.0642. The first-order chi connectivity index (χ1) is 10.8. The summed E-state index contributed by atoms with van der Waals surface area (Å²) in [6, 6.07) is 1.59. The molecule has 0 amide bonds. The van der Waals surface area contributed by atoms with Crippen LogP contribution in [0.5, 0.6) is 0 Å². The smallest absolute Gasteiger partial charge is 0.242 e. The van der Waals surface area contributed by atoms with Crippen molar-refractivity contribution in [3.05, 3.63) is 18.0 Å². The van der Waals surface area contributed by atoms with Gasteiger partial charge in [-0.25, -0.2) is 18.1 Å². The number of pyridine rings is 1. The molecule has 8 heteroatoms. The lowest BCUT2D eigenvalue weighted by Gasteiger charge is -2.16. The van der Waals surface area contributed by atoms with E-state index in [1.165, 1.54) is 6.20 Å². The maximum absolute atomic E-state index is 12.7. The first-order valence-corrected chi connectivity index (χ1v) is 9.34. The van der Waals surface area contributed by atoms with E-state index in [2.05, 4.69) is 33.6 Å². The predicted octanol–water partition coefficient (Wildman–Crippen LogP) is 0.895. The van der Waals surface area contributed by atoms with Gasteiger partial charge >= 0.3 is 0 Å². The molecule has 0 aromatic carbocycles. The maximum atomic E-state index is 12.7. The first kappa shape index (κ1) is 16.4. The van der Waals surface area contributed by atoms with Gasteiger partial charge in [0.25, 0.3) is 0 Å². The van der Waals surface area contributed by atoms with Crippen LogP contribution in [0.15, 0.2) is 17.2 Å². The average molecular weight is 337 g/mol. The summed E-state index contributed by atoms with van der Waals surface area (Å²) in [6.45, 7) is 8.63. The van der Waals surface area contributed by atoms with Crippen LogP contribution in [0, 0.1) is 12.8 Å². The molecule has 7 nitrogen and oxygen atoms in total. The van der Waals surface area contributed by atoms with Crippen molar-refractivity contribution in [2.24, 2.45) is 13.0 Å². The van der Waals surface area contributed by atoms with E-state index in [4.69, 9.17) is 0 Å². The van der Waals surface area contributed by atoms with Crippen LogP contribution in [-0.4, -0.2) is 53.8 Å². The third kappa shape index (κ3) is 2.98. The van der Waals surface area contributed by atoms with E-state index < -0.39 is 10.0 Å². The summed E-state index contributed by atoms with van der Waals surface area (Å²) in [7, 11) is -1.78. The number of likely N-dealkylation sites (N-methyl/N-ethyl adjacent to an activating group) is 1. The second-order valence-corrected chi connectivity index (χ2v) is 8.02. The summed E-state index contributed by atoms with van der Waals surface area (Å²) in [4.78, 5) is 6.72. The fraction of sp³-hybridized carbons (Fsp3) is 0.600. The Morgan fingerprint density at radius 1 is 1.39 bits per heavy atom. The van der Waals surface area contributed by atoms with Gasteiger partial charge in [-0.1, -0.05) is 13.8 Å². The van der Waals surface area contributed by atoms with Gasteiger partial charge in [-0.05, 0) is 25.5 Å². The number of hydrogen-bond acceptors (Lipinski definition) is 5. The van der Waals surface area contributed by atoms with E-state index >= 15 is 0 Å². The SMILES string of the molecule is CCN1C[C@@H](C)[C@H](NS(=O)(=O)c2cnc3c(c2)c(C)nn3C)C1. The zero-order valence-corrected chi connectivity index (χ0v) is 14.8. The van der Waals surface area contributed by atoms with Crippen LogP contribution < -0.4 is 4.72 Å². The Morgan fingerprint density at radius 3 is 2.78 bits per heavy atom. The molecule has 0 aliphatic carbocycles. The Kier molecular flexibility index (Phi) is 4.16. The molecule has 126 valence electrons. The molecule has 23 heavy (non-hydrogen) atoms. The molecule has 0 radical (unpaired) electrons. The van der Waals surface area contributed by atoms with E-state index in [-0.39, 0.29) is 10.9 Å². The lowest BCUT2D eigenvalue weighted by atomic mass is 10.1. The highest BCUT2D eigenvalue weighted by Gasteiger charge is 2.32. The second-order valence-electron chi connectivity index (χ2n) is 6.31. The monoisotopic (exact) mass is 337 g/mol. The van der Waals surface area contributed by atoms with Gasteiger partial charge in [0.2, 0.25) is 10.0 Å². The van der Waals surface area contributed by atoms with Gasteiger partial charge in [0, 0.05) is 37.8 Å². The van der Waals surface area contributed by atoms with Gasteiger partial charge in [-0.3, -0.25) is 4.68 Å². The molecular weight excluding hydrogens is 314 g/mol. The van der Waals surface area contributed by atoms with Crippen molar-refractivity contribution in [3.8, 4) is 0 Å². The van der Waals surface area contributed by atoms with Crippen molar-refractivity contribution in [1.29, 1.82) is 0 Å². The minimum atomic E-state index is -3.58. The van der Waals surface area contributed by atoms with Crippen LogP contribution >= 0.6 is 0 Å². The quantitative estimate of drug-likeness (QED) is 0.896. The molecule has 0 spiro atoms. The van der Waals surface area contributed by atoms with Crippen molar-refractivity contribution in [2.75, 3.05) is 19.6 Å². The summed E-state index contributed by atoms with van der Waals surface area (Å²) in [5.41, 5.74) is 1.46. The third-order valence-electron chi connectivity index (χ3n) is 4.59. The summed E-state index contributed by atoms with van der Waals surface area (Å²) in [6.07, 6.45) is 1.41. The zero-order valence-electron chi connectivity index (χ0n) is 13.9. The van der Waals surface area contributed by atoms with Crippen molar-refractivity contribution in [1.82, 2.24) is 24.4 Å². The van der Waals surface area contributed by atoms with Crippen molar-refractivity contribution in [2.45, 2.75) is 31.7 Å². The molecule has 1 aliphatic rings. The zero-order chi connectivity index (χ0) is 16.8. The minimum Gasteiger partial charge on any atom is -0.302 e. The van der Waals surface area contributed by atoms with Gasteiger partial charge in [0.05, 0.1) is 5.69 Å². The van der Waals surface area contributed by atoms with E-state index in [9.17, 15) is 8.42 Å². The first-order valence-electron chi connectivity index (χ1n) is 7.86. The molecule has 2 aromatic heterocycles. The highest BCUT2D eigenvalue weighted by molar-refractivity contribution is 7.89. The van der Waals surface area contributed by atoms with Crippen LogP contribution in [0.3, 0.4) is 0 Å². The number of rotatable bonds is 4. The maximum Gasteiger partial charge on any atom is 0.242 e. The Balaban J connectivity index is 1.89. The number of likely N-dealkylation sites (tertiary alicyclic amines) is 1. The van der Waals surface area contributed by atoms with Gasteiger partial charge in [-0.15, -0.1) is 0 Å². The van der Waals surface area contributed by atoms with Crippen LogP contribution in [0.1, 0.15) is 19.5 Å². The van der Waals surface area contributed by atoms with Gasteiger partial charge in [-0.2, -0.15) is 5.10 Å². The van der Waals surface area contributed by atoms with Gasteiger partial charge in [0.1, 0.15) is 4.90 Å². The standard InChI is InChI=1S/C15H23N5O2S/c1-5-20-8-10(2)14(9-20)18-23(21,22)12-6-13-11(3)17-19(4)15(13)16-7-12/h6-7,10,14,18H,5,8-9H2,1-4H3/t10-,14-/m1/s1. The molecule has 0 unspecified atom stereocenters. The Hall–Kier alpha value is -1.51. The van der Waals surface area contributed by atoms with Crippen molar-refractivity contribution >= 4 is 21.1 Å². The van der Waals surface area contributed by atoms with E-state index in [0.29, 0.717) is 11.6 Å². The largest absolute Gasteiger partial charge is 0.302 e. The topological polar surface area (TPSA) is 80.1 Å². The van der Waals surface area contributed by atoms with Crippen molar-refractivity contribution in [3.63, 3.8) is 0 Å². The summed E-state index contributed by atoms with van der Waals surface area (Å²) in [5.74, 6) is 0.293. The summed E-state index contributed by atoms with van der Waals surface area (Å²) < 4.78 is 29.9. The summed E-state index contributed by atoms with van der Waals surface area (Å²) >= 11 is 0. The fourth-order valence-electron chi connectivity index (χ4n) is 3.18. The molecule has 0 saturated carbocycles. The summed E-state index contributed by atoms with van der Waals surface area (Å²) in [5, 5.41) is 5.05. The Morgan fingerprint density at radius 2 is 2.13 bits per heavy atom. The number of sulfonamides is 1. The molecule has 2 atom stereocenters. The molecule has 1 aliphatic heterocycles. The van der Waals surface area contributed by atoms with Gasteiger partial charge < -0.3 is 4.90 Å². The van der Waals surface area contributed by atoms with Crippen LogP contribution in [-0.2, 0) is 17.1 Å².